The van der Waals surface area contributed by atoms with Crippen LogP contribution in [0.5, 0.6) is 11.5 Å². The molecule has 1 saturated heterocycles. The van der Waals surface area contributed by atoms with Crippen molar-refractivity contribution in [2.24, 2.45) is 0 Å². The molecule has 1 fully saturated rings. The first-order valence-corrected chi connectivity index (χ1v) is 13.3. The average Bonchev–Trinajstić information content (AvgIpc) is 3.67. The fourth-order valence-electron chi connectivity index (χ4n) is 4.88. The van der Waals surface area contributed by atoms with E-state index in [1.165, 1.54) is 0 Å². The summed E-state index contributed by atoms with van der Waals surface area (Å²) in [5, 5.41) is 11.4. The number of nitrogens with zero attached hydrogens (tertiary/aromatic N) is 4. The van der Waals surface area contributed by atoms with Gasteiger partial charge in [0.05, 0.1) is 25.8 Å². The van der Waals surface area contributed by atoms with E-state index < -0.39 is 6.04 Å². The molecule has 1 aromatic heterocycles. The zero-order chi connectivity index (χ0) is 27.9. The van der Waals surface area contributed by atoms with Gasteiger partial charge in [-0.05, 0) is 60.4 Å². The number of aromatic nitrogens is 3. The lowest BCUT2D eigenvalue weighted by molar-refractivity contribution is -0.142. The van der Waals surface area contributed by atoms with Gasteiger partial charge >= 0.3 is 0 Å². The molecule has 3 aromatic carbocycles. The summed E-state index contributed by atoms with van der Waals surface area (Å²) in [6, 6.07) is 21.2. The van der Waals surface area contributed by atoms with Crippen molar-refractivity contribution in [1.29, 1.82) is 0 Å². The zero-order valence-electron chi connectivity index (χ0n) is 22.7. The third-order valence-electron chi connectivity index (χ3n) is 7.06. The highest BCUT2D eigenvalue weighted by Crippen LogP contribution is 2.27. The quantitative estimate of drug-likeness (QED) is 0.308. The summed E-state index contributed by atoms with van der Waals surface area (Å²) >= 11 is 0. The van der Waals surface area contributed by atoms with Crippen molar-refractivity contribution in [2.45, 2.75) is 38.1 Å². The molecule has 0 aliphatic carbocycles. The molecule has 2 amide bonds. The van der Waals surface area contributed by atoms with E-state index in [-0.39, 0.29) is 31.0 Å². The van der Waals surface area contributed by atoms with Gasteiger partial charge in [-0.1, -0.05) is 41.6 Å². The molecule has 0 spiro atoms. The van der Waals surface area contributed by atoms with Crippen molar-refractivity contribution in [3.05, 3.63) is 83.9 Å². The smallest absolute Gasteiger partial charge is 0.247 e. The average molecular weight is 544 g/mol. The molecule has 4 aromatic rings. The van der Waals surface area contributed by atoms with Crippen LogP contribution in [0.4, 0.5) is 0 Å². The molecule has 2 heterocycles. The molecule has 1 aliphatic rings. The number of nitrogens with one attached hydrogen (secondary N) is 1. The molecule has 0 bridgehead atoms. The number of hydrogen-bond donors (Lipinski definition) is 1. The number of fused-ring (bicyclic) bond motifs is 1. The zero-order valence-corrected chi connectivity index (χ0v) is 22.7. The van der Waals surface area contributed by atoms with E-state index in [9.17, 15) is 9.59 Å². The molecule has 1 aliphatic heterocycles. The molecule has 40 heavy (non-hydrogen) atoms. The first kappa shape index (κ1) is 27.1. The largest absolute Gasteiger partial charge is 0.497 e. The standard InChI is InChI=1S/C30H33N5O5/c1-38-23-13-9-21(10-14-23)19-34(28(36)20-35-27-8-4-3-7-26(27)32-33-35)29(22-11-15-24(39-2)16-12-22)30(37)31-18-25-6-5-17-40-25/h3-4,7-16,25,29H,5-6,17-20H2,1-2H3,(H,31,37)/t25-,29-/m0/s1. The second kappa shape index (κ2) is 12.6. The Hall–Kier alpha value is -4.44. The summed E-state index contributed by atoms with van der Waals surface area (Å²) < 4.78 is 17.9. The normalized spacial score (nSPS) is 15.5. The molecule has 5 rings (SSSR count). The lowest BCUT2D eigenvalue weighted by atomic mass is 10.0. The van der Waals surface area contributed by atoms with E-state index in [1.807, 2.05) is 60.7 Å². The maximum atomic E-state index is 14.1. The highest BCUT2D eigenvalue weighted by molar-refractivity contribution is 5.89. The van der Waals surface area contributed by atoms with Crippen LogP contribution in [0.3, 0.4) is 0 Å². The van der Waals surface area contributed by atoms with Crippen molar-refractivity contribution in [1.82, 2.24) is 25.2 Å². The summed E-state index contributed by atoms with van der Waals surface area (Å²) in [6.45, 7) is 1.18. The second-order valence-electron chi connectivity index (χ2n) is 9.66. The Kier molecular flexibility index (Phi) is 8.56. The van der Waals surface area contributed by atoms with E-state index in [4.69, 9.17) is 14.2 Å². The number of amides is 2. The van der Waals surface area contributed by atoms with Crippen LogP contribution in [-0.2, 0) is 27.4 Å². The van der Waals surface area contributed by atoms with Crippen molar-refractivity contribution >= 4 is 22.8 Å². The van der Waals surface area contributed by atoms with Gasteiger partial charge in [0.25, 0.3) is 0 Å². The van der Waals surface area contributed by atoms with Crippen molar-refractivity contribution in [3.63, 3.8) is 0 Å². The highest BCUT2D eigenvalue weighted by Gasteiger charge is 2.33. The van der Waals surface area contributed by atoms with E-state index in [2.05, 4.69) is 15.6 Å². The number of carbonyl (C=O) groups excluding carboxylic acids is 2. The predicted octanol–water partition coefficient (Wildman–Crippen LogP) is 3.51. The number of rotatable bonds is 11. The van der Waals surface area contributed by atoms with Crippen molar-refractivity contribution in [3.8, 4) is 11.5 Å². The molecule has 10 heteroatoms. The molecule has 2 atom stereocenters. The molecule has 208 valence electrons. The van der Waals surface area contributed by atoms with Crippen LogP contribution >= 0.6 is 0 Å². The van der Waals surface area contributed by atoms with Gasteiger partial charge in [0.15, 0.2) is 0 Å². The predicted molar refractivity (Wildman–Crippen MR) is 149 cm³/mol. The molecular weight excluding hydrogens is 510 g/mol. The minimum absolute atomic E-state index is 0.0345. The molecule has 0 saturated carbocycles. The Morgan fingerprint density at radius 2 is 1.73 bits per heavy atom. The Labute approximate surface area is 232 Å². The monoisotopic (exact) mass is 543 g/mol. The fourth-order valence-corrected chi connectivity index (χ4v) is 4.88. The van der Waals surface area contributed by atoms with Crippen molar-refractivity contribution < 1.29 is 23.8 Å². The van der Waals surface area contributed by atoms with Gasteiger partial charge < -0.3 is 24.4 Å². The second-order valence-corrected chi connectivity index (χ2v) is 9.66. The number of para-hydroxylation sites is 1. The molecule has 0 radical (unpaired) electrons. The lowest BCUT2D eigenvalue weighted by Crippen LogP contribution is -2.46. The number of hydrogen-bond acceptors (Lipinski definition) is 7. The Bertz CT molecular complexity index is 1430. The van der Waals surface area contributed by atoms with Gasteiger partial charge in [-0.25, -0.2) is 4.68 Å². The van der Waals surface area contributed by atoms with Gasteiger partial charge in [0, 0.05) is 19.7 Å². The Morgan fingerprint density at radius 1 is 1.02 bits per heavy atom. The van der Waals surface area contributed by atoms with E-state index in [0.29, 0.717) is 35.7 Å². The summed E-state index contributed by atoms with van der Waals surface area (Å²) in [6.07, 6.45) is 1.82. The fraction of sp³-hybridized carbons (Fsp3) is 0.333. The highest BCUT2D eigenvalue weighted by atomic mass is 16.5. The minimum atomic E-state index is -0.906. The first-order chi connectivity index (χ1) is 19.6. The maximum absolute atomic E-state index is 14.1. The van der Waals surface area contributed by atoms with Crippen LogP contribution in [0.1, 0.15) is 30.0 Å². The summed E-state index contributed by atoms with van der Waals surface area (Å²) in [5.41, 5.74) is 2.95. The molecule has 1 N–H and O–H groups in total. The van der Waals surface area contributed by atoms with E-state index in [1.54, 1.807) is 35.9 Å². The van der Waals surface area contributed by atoms with Crippen molar-refractivity contribution in [2.75, 3.05) is 27.4 Å². The maximum Gasteiger partial charge on any atom is 0.247 e. The van der Waals surface area contributed by atoms with Crippen LogP contribution < -0.4 is 14.8 Å². The van der Waals surface area contributed by atoms with Crippen LogP contribution in [0, 0.1) is 0 Å². The van der Waals surface area contributed by atoms with E-state index >= 15 is 0 Å². The Balaban J connectivity index is 1.49. The molecular formula is C30H33N5O5. The van der Waals surface area contributed by atoms with E-state index in [0.717, 1.165) is 23.9 Å². The molecule has 10 nitrogen and oxygen atoms in total. The van der Waals surface area contributed by atoms with Crippen LogP contribution in [0.15, 0.2) is 72.8 Å². The summed E-state index contributed by atoms with van der Waals surface area (Å²) in [7, 11) is 3.19. The van der Waals surface area contributed by atoms with Crippen LogP contribution in [0.2, 0.25) is 0 Å². The topological polar surface area (TPSA) is 108 Å². The van der Waals surface area contributed by atoms with Gasteiger partial charge in [0.2, 0.25) is 11.8 Å². The number of methoxy groups -OCH3 is 2. The van der Waals surface area contributed by atoms with Gasteiger partial charge in [-0.3, -0.25) is 9.59 Å². The van der Waals surface area contributed by atoms with Crippen LogP contribution in [0.25, 0.3) is 11.0 Å². The summed E-state index contributed by atoms with van der Waals surface area (Å²) in [4.78, 5) is 29.5. The number of benzene rings is 3. The van der Waals surface area contributed by atoms with Gasteiger partial charge in [-0.2, -0.15) is 0 Å². The number of carbonyl (C=O) groups is 2. The number of ether oxygens (including phenoxy) is 3. The third-order valence-corrected chi connectivity index (χ3v) is 7.06. The van der Waals surface area contributed by atoms with Crippen LogP contribution in [-0.4, -0.2) is 65.2 Å². The first-order valence-electron chi connectivity index (χ1n) is 13.3. The SMILES string of the molecule is COc1ccc(CN(C(=O)Cn2nnc3ccccc32)[C@H](C(=O)NC[C@@H]2CCCO2)c2ccc(OC)cc2)cc1. The molecule has 0 unspecified atom stereocenters. The summed E-state index contributed by atoms with van der Waals surface area (Å²) in [5.74, 6) is 0.798. The van der Waals surface area contributed by atoms with Gasteiger partial charge in [0.1, 0.15) is 29.6 Å². The lowest BCUT2D eigenvalue weighted by Gasteiger charge is -2.32. The third kappa shape index (κ3) is 6.23. The minimum Gasteiger partial charge on any atom is -0.497 e. The Morgan fingerprint density at radius 3 is 2.40 bits per heavy atom. The van der Waals surface area contributed by atoms with Gasteiger partial charge in [-0.15, -0.1) is 5.10 Å².